The topological polar surface area (TPSA) is 46.5 Å². The van der Waals surface area contributed by atoms with E-state index in [9.17, 15) is 9.67 Å². The highest BCUT2D eigenvalue weighted by Gasteiger charge is 2.57. The van der Waals surface area contributed by atoms with Crippen LogP contribution >= 0.6 is 7.37 Å². The Kier molecular flexibility index (Phi) is 3.56. The van der Waals surface area contributed by atoms with Crippen LogP contribution in [-0.2, 0) is 9.09 Å². The molecule has 3 nitrogen and oxygen atoms in total. The summed E-state index contributed by atoms with van der Waals surface area (Å²) >= 11 is 0. The van der Waals surface area contributed by atoms with Gasteiger partial charge < -0.3 is 9.63 Å². The Hall–Kier alpha value is 0.150. The van der Waals surface area contributed by atoms with Gasteiger partial charge in [0.2, 0.25) is 7.37 Å². The van der Waals surface area contributed by atoms with Crippen molar-refractivity contribution in [1.82, 2.24) is 0 Å². The maximum absolute atomic E-state index is 12.3. The molecule has 78 valence electrons. The summed E-state index contributed by atoms with van der Waals surface area (Å²) in [6.07, 6.45) is 3.20. The molecule has 0 aromatic carbocycles. The summed E-state index contributed by atoms with van der Waals surface area (Å²) in [4.78, 5) is 0. The molecule has 1 N–H and O–H groups in total. The zero-order valence-corrected chi connectivity index (χ0v) is 9.35. The van der Waals surface area contributed by atoms with Gasteiger partial charge in [0.25, 0.3) is 0 Å². The van der Waals surface area contributed by atoms with Crippen molar-refractivity contribution >= 4 is 7.37 Å². The summed E-state index contributed by atoms with van der Waals surface area (Å²) in [5.74, 6) is 0. The average molecular weight is 206 g/mol. The molecule has 0 radical (unpaired) electrons. The van der Waals surface area contributed by atoms with Crippen LogP contribution in [-0.4, -0.2) is 29.6 Å². The van der Waals surface area contributed by atoms with Gasteiger partial charge in [0.15, 0.2) is 0 Å². The van der Waals surface area contributed by atoms with Crippen molar-refractivity contribution in [2.75, 3.05) is 19.4 Å². The summed E-state index contributed by atoms with van der Waals surface area (Å²) in [6.45, 7) is 4.36. The van der Waals surface area contributed by atoms with Gasteiger partial charge in [0.05, 0.1) is 18.4 Å². The standard InChI is InChI=1S/C9H19O3P/c1-3-7-13(11,12-4-2)9(8-10)5-6-9/h10H,3-8H2,1-2H3. The second-order valence-corrected chi connectivity index (χ2v) is 6.70. The third-order valence-corrected chi connectivity index (χ3v) is 6.45. The van der Waals surface area contributed by atoms with Crippen LogP contribution in [0, 0.1) is 0 Å². The molecule has 0 amide bonds. The van der Waals surface area contributed by atoms with Gasteiger partial charge in [0, 0.05) is 6.16 Å². The molecule has 1 rings (SSSR count). The first-order valence-corrected chi connectivity index (χ1v) is 6.79. The number of hydrogen-bond acceptors (Lipinski definition) is 3. The van der Waals surface area contributed by atoms with Crippen LogP contribution in [0.2, 0.25) is 0 Å². The van der Waals surface area contributed by atoms with Crippen molar-refractivity contribution < 1.29 is 14.2 Å². The van der Waals surface area contributed by atoms with Crippen LogP contribution in [0.5, 0.6) is 0 Å². The first-order valence-electron chi connectivity index (χ1n) is 4.98. The molecule has 0 aliphatic heterocycles. The van der Waals surface area contributed by atoms with E-state index < -0.39 is 7.37 Å². The highest BCUT2D eigenvalue weighted by molar-refractivity contribution is 7.61. The molecule has 1 saturated carbocycles. The molecular weight excluding hydrogens is 187 g/mol. The number of rotatable bonds is 6. The van der Waals surface area contributed by atoms with E-state index in [1.54, 1.807) is 0 Å². The van der Waals surface area contributed by atoms with E-state index in [1.165, 1.54) is 0 Å². The second-order valence-electron chi connectivity index (χ2n) is 3.70. The number of hydrogen-bond donors (Lipinski definition) is 1. The lowest BCUT2D eigenvalue weighted by Gasteiger charge is -2.25. The maximum Gasteiger partial charge on any atom is 0.211 e. The van der Waals surface area contributed by atoms with Crippen molar-refractivity contribution in [2.24, 2.45) is 0 Å². The molecule has 0 aromatic rings. The maximum atomic E-state index is 12.3. The van der Waals surface area contributed by atoms with Crippen LogP contribution in [0.25, 0.3) is 0 Å². The number of aliphatic hydroxyl groups excluding tert-OH is 1. The third-order valence-electron chi connectivity index (χ3n) is 2.70. The van der Waals surface area contributed by atoms with E-state index >= 15 is 0 Å². The summed E-state index contributed by atoms with van der Waals surface area (Å²) in [5.41, 5.74) is 0. The fourth-order valence-corrected chi connectivity index (χ4v) is 4.58. The van der Waals surface area contributed by atoms with E-state index in [4.69, 9.17) is 4.52 Å². The predicted molar refractivity (Wildman–Crippen MR) is 53.4 cm³/mol. The highest BCUT2D eigenvalue weighted by Crippen LogP contribution is 2.70. The summed E-state index contributed by atoms with van der Waals surface area (Å²) < 4.78 is 17.7. The van der Waals surface area contributed by atoms with Crippen LogP contribution in [0.1, 0.15) is 33.1 Å². The normalized spacial score (nSPS) is 23.9. The summed E-state index contributed by atoms with van der Waals surface area (Å²) in [6, 6.07) is 0. The van der Waals surface area contributed by atoms with Crippen molar-refractivity contribution in [2.45, 2.75) is 38.3 Å². The van der Waals surface area contributed by atoms with Crippen LogP contribution in [0.15, 0.2) is 0 Å². The van der Waals surface area contributed by atoms with E-state index in [0.29, 0.717) is 12.8 Å². The monoisotopic (exact) mass is 206 g/mol. The zero-order valence-electron chi connectivity index (χ0n) is 8.45. The van der Waals surface area contributed by atoms with Gasteiger partial charge in [-0.15, -0.1) is 0 Å². The Morgan fingerprint density at radius 2 is 2.08 bits per heavy atom. The summed E-state index contributed by atoms with van der Waals surface area (Å²) in [7, 11) is -2.56. The van der Waals surface area contributed by atoms with E-state index in [0.717, 1.165) is 19.3 Å². The van der Waals surface area contributed by atoms with Gasteiger partial charge in [-0.05, 0) is 26.2 Å². The molecule has 0 aromatic heterocycles. The first-order chi connectivity index (χ1) is 6.14. The second kappa shape index (κ2) is 4.12. The Balaban J connectivity index is 2.72. The lowest BCUT2D eigenvalue weighted by molar-refractivity contribution is 0.258. The molecular formula is C9H19O3P. The zero-order chi connectivity index (χ0) is 9.95. The van der Waals surface area contributed by atoms with Gasteiger partial charge in [-0.3, -0.25) is 4.57 Å². The van der Waals surface area contributed by atoms with E-state index in [2.05, 4.69) is 0 Å². The molecule has 1 aliphatic carbocycles. The van der Waals surface area contributed by atoms with Crippen LogP contribution in [0.4, 0.5) is 0 Å². The van der Waals surface area contributed by atoms with Gasteiger partial charge in [0.1, 0.15) is 0 Å². The van der Waals surface area contributed by atoms with Crippen molar-refractivity contribution in [3.05, 3.63) is 0 Å². The van der Waals surface area contributed by atoms with Crippen LogP contribution < -0.4 is 0 Å². The minimum atomic E-state index is -2.56. The minimum Gasteiger partial charge on any atom is -0.395 e. The fraction of sp³-hybridized carbons (Fsp3) is 1.00. The predicted octanol–water partition coefficient (Wildman–Crippen LogP) is 2.24. The average Bonchev–Trinajstić information content (AvgIpc) is 2.85. The lowest BCUT2D eigenvalue weighted by Crippen LogP contribution is -2.19. The molecule has 0 bridgehead atoms. The molecule has 0 saturated heterocycles. The molecule has 13 heavy (non-hydrogen) atoms. The molecule has 0 heterocycles. The Labute approximate surface area is 79.9 Å². The van der Waals surface area contributed by atoms with Crippen molar-refractivity contribution in [3.63, 3.8) is 0 Å². The Bertz CT molecular complexity index is 201. The Morgan fingerprint density at radius 1 is 1.46 bits per heavy atom. The Morgan fingerprint density at radius 3 is 2.38 bits per heavy atom. The molecule has 1 fully saturated rings. The van der Waals surface area contributed by atoms with Gasteiger partial charge in [-0.1, -0.05) is 6.92 Å². The third kappa shape index (κ3) is 1.98. The largest absolute Gasteiger partial charge is 0.395 e. The molecule has 1 unspecified atom stereocenters. The van der Waals surface area contributed by atoms with Gasteiger partial charge in [-0.25, -0.2) is 0 Å². The fourth-order valence-electron chi connectivity index (χ4n) is 1.69. The smallest absolute Gasteiger partial charge is 0.211 e. The SMILES string of the molecule is CCCP(=O)(OCC)C1(CO)CC1. The molecule has 1 aliphatic rings. The van der Waals surface area contributed by atoms with Gasteiger partial charge >= 0.3 is 0 Å². The van der Waals surface area contributed by atoms with Gasteiger partial charge in [-0.2, -0.15) is 0 Å². The van der Waals surface area contributed by atoms with E-state index in [-0.39, 0.29) is 11.8 Å². The molecule has 0 spiro atoms. The van der Waals surface area contributed by atoms with E-state index in [1.807, 2.05) is 13.8 Å². The quantitative estimate of drug-likeness (QED) is 0.678. The molecule has 1 atom stereocenters. The highest BCUT2D eigenvalue weighted by atomic mass is 31.2. The lowest BCUT2D eigenvalue weighted by atomic mass is 10.5. The molecule has 4 heteroatoms. The van der Waals surface area contributed by atoms with Crippen LogP contribution in [0.3, 0.4) is 0 Å². The summed E-state index contributed by atoms with van der Waals surface area (Å²) in [5, 5.41) is 8.83. The first kappa shape index (κ1) is 11.2. The van der Waals surface area contributed by atoms with Crippen molar-refractivity contribution in [1.29, 1.82) is 0 Å². The van der Waals surface area contributed by atoms with Crippen molar-refractivity contribution in [3.8, 4) is 0 Å². The minimum absolute atomic E-state index is 0.0181. The number of aliphatic hydroxyl groups is 1.